The number of hydrogen-bond acceptors (Lipinski definition) is 3. The normalized spacial score (nSPS) is 10.3. The number of pyridine rings is 1. The maximum Gasteiger partial charge on any atom is 0.255 e. The molecule has 0 fully saturated rings. The first-order chi connectivity index (χ1) is 9.10. The summed E-state index contributed by atoms with van der Waals surface area (Å²) in [7, 11) is 0. The predicted octanol–water partition coefficient (Wildman–Crippen LogP) is 2.44. The highest BCUT2D eigenvalue weighted by atomic mass is 16.3. The summed E-state index contributed by atoms with van der Waals surface area (Å²) in [5, 5.41) is 12.0. The Balaban J connectivity index is 2.25. The summed E-state index contributed by atoms with van der Waals surface area (Å²) in [5.74, 6) is -0.200. The SMILES string of the molecule is Cc1cc(C)cc(C(=O)Nc2cnccc2CO)c1. The van der Waals surface area contributed by atoms with E-state index in [1.807, 2.05) is 32.0 Å². The van der Waals surface area contributed by atoms with E-state index in [-0.39, 0.29) is 12.5 Å². The number of amides is 1. The maximum atomic E-state index is 12.2. The number of aliphatic hydroxyl groups is 1. The van der Waals surface area contributed by atoms with Crippen LogP contribution in [-0.4, -0.2) is 16.0 Å². The van der Waals surface area contributed by atoms with Gasteiger partial charge in [-0.15, -0.1) is 0 Å². The molecule has 1 heterocycles. The molecule has 1 aromatic carbocycles. The van der Waals surface area contributed by atoms with Crippen LogP contribution in [0, 0.1) is 13.8 Å². The largest absolute Gasteiger partial charge is 0.392 e. The Kier molecular flexibility index (Phi) is 3.92. The Labute approximate surface area is 112 Å². The second-order valence-electron chi connectivity index (χ2n) is 4.52. The molecule has 0 saturated carbocycles. The van der Waals surface area contributed by atoms with Gasteiger partial charge in [0.25, 0.3) is 5.91 Å². The van der Waals surface area contributed by atoms with Crippen LogP contribution >= 0.6 is 0 Å². The number of benzene rings is 1. The Morgan fingerprint density at radius 3 is 2.58 bits per heavy atom. The van der Waals surface area contributed by atoms with Crippen molar-refractivity contribution < 1.29 is 9.90 Å². The highest BCUT2D eigenvalue weighted by molar-refractivity contribution is 6.04. The van der Waals surface area contributed by atoms with Gasteiger partial charge in [-0.2, -0.15) is 0 Å². The van der Waals surface area contributed by atoms with Gasteiger partial charge in [0.1, 0.15) is 0 Å². The van der Waals surface area contributed by atoms with Gasteiger partial charge >= 0.3 is 0 Å². The van der Waals surface area contributed by atoms with Gasteiger partial charge in [0, 0.05) is 17.3 Å². The van der Waals surface area contributed by atoms with E-state index >= 15 is 0 Å². The van der Waals surface area contributed by atoms with E-state index in [9.17, 15) is 9.90 Å². The zero-order valence-corrected chi connectivity index (χ0v) is 11.0. The third-order valence-electron chi connectivity index (χ3n) is 2.81. The second kappa shape index (κ2) is 5.63. The Morgan fingerprint density at radius 1 is 1.26 bits per heavy atom. The zero-order valence-electron chi connectivity index (χ0n) is 11.0. The molecule has 0 aliphatic carbocycles. The molecule has 0 radical (unpaired) electrons. The van der Waals surface area contributed by atoms with Crippen molar-refractivity contribution >= 4 is 11.6 Å². The van der Waals surface area contributed by atoms with E-state index in [0.717, 1.165) is 11.1 Å². The fourth-order valence-electron chi connectivity index (χ4n) is 1.97. The molecule has 0 bridgehead atoms. The van der Waals surface area contributed by atoms with Crippen molar-refractivity contribution in [3.8, 4) is 0 Å². The lowest BCUT2D eigenvalue weighted by Crippen LogP contribution is -2.14. The first kappa shape index (κ1) is 13.2. The average Bonchev–Trinajstić information content (AvgIpc) is 2.38. The van der Waals surface area contributed by atoms with E-state index in [1.165, 1.54) is 6.20 Å². The van der Waals surface area contributed by atoms with Crippen LogP contribution in [0.15, 0.2) is 36.7 Å². The van der Waals surface area contributed by atoms with E-state index in [4.69, 9.17) is 0 Å². The van der Waals surface area contributed by atoms with Crippen LogP contribution in [0.3, 0.4) is 0 Å². The first-order valence-electron chi connectivity index (χ1n) is 6.03. The molecule has 19 heavy (non-hydrogen) atoms. The predicted molar refractivity (Wildman–Crippen MR) is 74.0 cm³/mol. The topological polar surface area (TPSA) is 62.2 Å². The van der Waals surface area contributed by atoms with Gasteiger partial charge in [-0.05, 0) is 32.0 Å². The number of carbonyl (C=O) groups is 1. The molecule has 0 saturated heterocycles. The molecular weight excluding hydrogens is 240 g/mol. The summed E-state index contributed by atoms with van der Waals surface area (Å²) in [6, 6.07) is 7.35. The van der Waals surface area contributed by atoms with Crippen molar-refractivity contribution in [2.75, 3.05) is 5.32 Å². The van der Waals surface area contributed by atoms with Crippen molar-refractivity contribution in [3.05, 3.63) is 58.9 Å². The molecule has 0 unspecified atom stereocenters. The number of anilines is 1. The molecule has 2 aromatic rings. The molecule has 2 rings (SSSR count). The highest BCUT2D eigenvalue weighted by Gasteiger charge is 2.09. The van der Waals surface area contributed by atoms with Crippen LogP contribution in [0.25, 0.3) is 0 Å². The van der Waals surface area contributed by atoms with Gasteiger partial charge in [0.05, 0.1) is 18.5 Å². The number of rotatable bonds is 3. The molecule has 0 atom stereocenters. The quantitative estimate of drug-likeness (QED) is 0.886. The van der Waals surface area contributed by atoms with Crippen molar-refractivity contribution in [1.82, 2.24) is 4.98 Å². The van der Waals surface area contributed by atoms with E-state index < -0.39 is 0 Å². The lowest BCUT2D eigenvalue weighted by atomic mass is 10.1. The fourth-order valence-corrected chi connectivity index (χ4v) is 1.97. The van der Waals surface area contributed by atoms with Crippen molar-refractivity contribution in [2.45, 2.75) is 20.5 Å². The summed E-state index contributed by atoms with van der Waals surface area (Å²) in [4.78, 5) is 16.1. The smallest absolute Gasteiger partial charge is 0.255 e. The molecule has 0 spiro atoms. The standard InChI is InChI=1S/C15H16N2O2/c1-10-5-11(2)7-13(6-10)15(19)17-14-8-16-4-3-12(14)9-18/h3-8,18H,9H2,1-2H3,(H,17,19). The van der Waals surface area contributed by atoms with Crippen molar-refractivity contribution in [2.24, 2.45) is 0 Å². The van der Waals surface area contributed by atoms with Gasteiger partial charge < -0.3 is 10.4 Å². The molecular formula is C15H16N2O2. The Bertz CT molecular complexity index is 589. The fraction of sp³-hybridized carbons (Fsp3) is 0.200. The summed E-state index contributed by atoms with van der Waals surface area (Å²) < 4.78 is 0. The average molecular weight is 256 g/mol. The molecule has 1 amide bonds. The number of aliphatic hydroxyl groups excluding tert-OH is 1. The molecule has 1 aromatic heterocycles. The van der Waals surface area contributed by atoms with Gasteiger partial charge in [0.2, 0.25) is 0 Å². The molecule has 2 N–H and O–H groups in total. The molecule has 0 aliphatic heterocycles. The van der Waals surface area contributed by atoms with Crippen LogP contribution in [-0.2, 0) is 6.61 Å². The van der Waals surface area contributed by atoms with Gasteiger partial charge in [0.15, 0.2) is 0 Å². The Morgan fingerprint density at radius 2 is 1.95 bits per heavy atom. The highest BCUT2D eigenvalue weighted by Crippen LogP contribution is 2.16. The number of nitrogens with zero attached hydrogens (tertiary/aromatic N) is 1. The van der Waals surface area contributed by atoms with Gasteiger partial charge in [-0.3, -0.25) is 9.78 Å². The Hall–Kier alpha value is -2.20. The molecule has 4 heteroatoms. The van der Waals surface area contributed by atoms with Crippen LogP contribution in [0.4, 0.5) is 5.69 Å². The molecule has 4 nitrogen and oxygen atoms in total. The first-order valence-corrected chi connectivity index (χ1v) is 6.03. The van der Waals surface area contributed by atoms with Crippen LogP contribution in [0.5, 0.6) is 0 Å². The van der Waals surface area contributed by atoms with E-state index in [0.29, 0.717) is 16.8 Å². The number of carbonyl (C=O) groups excluding carboxylic acids is 1. The van der Waals surface area contributed by atoms with Gasteiger partial charge in [-0.1, -0.05) is 17.2 Å². The minimum atomic E-state index is -0.200. The number of hydrogen-bond donors (Lipinski definition) is 2. The maximum absolute atomic E-state index is 12.2. The third kappa shape index (κ3) is 3.17. The molecule has 0 aliphatic rings. The lowest BCUT2D eigenvalue weighted by Gasteiger charge is -2.09. The zero-order chi connectivity index (χ0) is 13.8. The summed E-state index contributed by atoms with van der Waals surface area (Å²) in [6.07, 6.45) is 3.12. The summed E-state index contributed by atoms with van der Waals surface area (Å²) >= 11 is 0. The monoisotopic (exact) mass is 256 g/mol. The van der Waals surface area contributed by atoms with E-state index in [2.05, 4.69) is 10.3 Å². The van der Waals surface area contributed by atoms with E-state index in [1.54, 1.807) is 12.3 Å². The minimum Gasteiger partial charge on any atom is -0.392 e. The number of aromatic nitrogens is 1. The van der Waals surface area contributed by atoms with Crippen LogP contribution in [0.2, 0.25) is 0 Å². The second-order valence-corrected chi connectivity index (χ2v) is 4.52. The minimum absolute atomic E-state index is 0.134. The number of aryl methyl sites for hydroxylation is 2. The number of nitrogens with one attached hydrogen (secondary N) is 1. The van der Waals surface area contributed by atoms with Gasteiger partial charge in [-0.25, -0.2) is 0 Å². The summed E-state index contributed by atoms with van der Waals surface area (Å²) in [6.45, 7) is 3.77. The lowest BCUT2D eigenvalue weighted by molar-refractivity contribution is 0.102. The summed E-state index contributed by atoms with van der Waals surface area (Å²) in [5.41, 5.74) is 3.87. The van der Waals surface area contributed by atoms with Crippen molar-refractivity contribution in [3.63, 3.8) is 0 Å². The van der Waals surface area contributed by atoms with Crippen LogP contribution in [0.1, 0.15) is 27.0 Å². The third-order valence-corrected chi connectivity index (χ3v) is 2.81. The molecule has 98 valence electrons. The van der Waals surface area contributed by atoms with Crippen LogP contribution < -0.4 is 5.32 Å². The van der Waals surface area contributed by atoms with Crippen molar-refractivity contribution in [1.29, 1.82) is 0 Å².